The number of thioether (sulfide) groups is 1. The molecule has 19 heavy (non-hydrogen) atoms. The van der Waals surface area contributed by atoms with Crippen LogP contribution in [0, 0.1) is 13.8 Å². The standard InChI is InChI=1S/C13H14F2N2S2/c1-8-9(2)18-12(17-8)7-16-10-5-3-4-6-11(10)19-13(14)15/h3-6,13,16H,7H2,1-2H3. The molecule has 1 N–H and O–H groups in total. The van der Waals surface area contributed by atoms with E-state index in [4.69, 9.17) is 0 Å². The predicted octanol–water partition coefficient (Wildman–Crippen LogP) is 4.69. The summed E-state index contributed by atoms with van der Waals surface area (Å²) in [6.07, 6.45) is 0. The first-order valence-electron chi connectivity index (χ1n) is 5.77. The highest BCUT2D eigenvalue weighted by molar-refractivity contribution is 7.99. The number of rotatable bonds is 5. The fourth-order valence-electron chi connectivity index (χ4n) is 1.60. The number of alkyl halides is 2. The molecule has 0 aliphatic rings. The molecule has 1 aromatic carbocycles. The van der Waals surface area contributed by atoms with Gasteiger partial charge in [0.25, 0.3) is 5.76 Å². The monoisotopic (exact) mass is 300 g/mol. The van der Waals surface area contributed by atoms with Crippen LogP contribution in [0.5, 0.6) is 0 Å². The van der Waals surface area contributed by atoms with E-state index in [-0.39, 0.29) is 0 Å². The second-order valence-corrected chi connectivity index (χ2v) is 6.30. The number of aromatic nitrogens is 1. The van der Waals surface area contributed by atoms with Crippen molar-refractivity contribution in [2.45, 2.75) is 31.0 Å². The Balaban J connectivity index is 2.06. The SMILES string of the molecule is Cc1nc(CNc2ccccc2SC(F)F)sc1C. The Hall–Kier alpha value is -1.14. The Bertz CT molecular complexity index is 536. The maximum atomic E-state index is 12.4. The first kappa shape index (κ1) is 14.3. The summed E-state index contributed by atoms with van der Waals surface area (Å²) >= 11 is 2.18. The third-order valence-corrected chi connectivity index (χ3v) is 4.47. The van der Waals surface area contributed by atoms with Gasteiger partial charge < -0.3 is 5.32 Å². The van der Waals surface area contributed by atoms with Crippen LogP contribution in [-0.2, 0) is 6.54 Å². The van der Waals surface area contributed by atoms with Crippen molar-refractivity contribution in [2.24, 2.45) is 0 Å². The summed E-state index contributed by atoms with van der Waals surface area (Å²) in [6.45, 7) is 4.55. The van der Waals surface area contributed by atoms with E-state index in [9.17, 15) is 8.78 Å². The largest absolute Gasteiger partial charge is 0.378 e. The minimum Gasteiger partial charge on any atom is -0.378 e. The summed E-state index contributed by atoms with van der Waals surface area (Å²) in [7, 11) is 0. The summed E-state index contributed by atoms with van der Waals surface area (Å²) in [5, 5.41) is 4.13. The van der Waals surface area contributed by atoms with Crippen LogP contribution >= 0.6 is 23.1 Å². The quantitative estimate of drug-likeness (QED) is 0.811. The first-order chi connectivity index (χ1) is 9.06. The topological polar surface area (TPSA) is 24.9 Å². The number of benzene rings is 1. The molecule has 102 valence electrons. The average Bonchev–Trinajstić information content (AvgIpc) is 2.67. The van der Waals surface area contributed by atoms with Crippen molar-refractivity contribution in [3.05, 3.63) is 39.8 Å². The first-order valence-corrected chi connectivity index (χ1v) is 7.46. The molecule has 0 fully saturated rings. The Kier molecular flexibility index (Phi) is 4.76. The van der Waals surface area contributed by atoms with Gasteiger partial charge in [0.05, 0.1) is 12.2 Å². The molecule has 1 aromatic heterocycles. The lowest BCUT2D eigenvalue weighted by Crippen LogP contribution is -2.00. The van der Waals surface area contributed by atoms with Crippen molar-refractivity contribution >= 4 is 28.8 Å². The Morgan fingerprint density at radius 1 is 1.32 bits per heavy atom. The lowest BCUT2D eigenvalue weighted by Gasteiger charge is -2.09. The van der Waals surface area contributed by atoms with E-state index < -0.39 is 5.76 Å². The summed E-state index contributed by atoms with van der Waals surface area (Å²) in [4.78, 5) is 6.16. The normalized spacial score (nSPS) is 11.0. The minimum atomic E-state index is -2.41. The number of thiazole rings is 1. The van der Waals surface area contributed by atoms with Crippen molar-refractivity contribution in [1.82, 2.24) is 4.98 Å². The van der Waals surface area contributed by atoms with Gasteiger partial charge >= 0.3 is 0 Å². The van der Waals surface area contributed by atoms with Gasteiger partial charge in [-0.25, -0.2) is 4.98 Å². The van der Waals surface area contributed by atoms with Crippen molar-refractivity contribution in [1.29, 1.82) is 0 Å². The molecule has 6 heteroatoms. The zero-order valence-electron chi connectivity index (χ0n) is 10.6. The van der Waals surface area contributed by atoms with Crippen molar-refractivity contribution in [2.75, 3.05) is 5.32 Å². The number of halogens is 2. The van der Waals surface area contributed by atoms with E-state index in [2.05, 4.69) is 10.3 Å². The molecule has 0 saturated carbocycles. The Morgan fingerprint density at radius 2 is 2.05 bits per heavy atom. The smallest absolute Gasteiger partial charge is 0.288 e. The molecule has 0 amide bonds. The molecule has 2 rings (SSSR count). The van der Waals surface area contributed by atoms with E-state index >= 15 is 0 Å². The highest BCUT2D eigenvalue weighted by Gasteiger charge is 2.10. The molecular weight excluding hydrogens is 286 g/mol. The van der Waals surface area contributed by atoms with Crippen molar-refractivity contribution in [3.8, 4) is 0 Å². The summed E-state index contributed by atoms with van der Waals surface area (Å²) in [6, 6.07) is 7.08. The third-order valence-electron chi connectivity index (χ3n) is 2.61. The van der Waals surface area contributed by atoms with Gasteiger partial charge in [-0.1, -0.05) is 23.9 Å². The zero-order valence-corrected chi connectivity index (χ0v) is 12.2. The van der Waals surface area contributed by atoms with Crippen LogP contribution in [0.4, 0.5) is 14.5 Å². The molecule has 0 aliphatic heterocycles. The van der Waals surface area contributed by atoms with Gasteiger partial charge in [0.2, 0.25) is 0 Å². The molecule has 1 heterocycles. The molecule has 0 spiro atoms. The number of para-hydroxylation sites is 1. The fourth-order valence-corrected chi connectivity index (χ4v) is 3.09. The second kappa shape index (κ2) is 6.34. The maximum Gasteiger partial charge on any atom is 0.288 e. The molecule has 2 nitrogen and oxygen atoms in total. The number of hydrogen-bond donors (Lipinski definition) is 1. The van der Waals surface area contributed by atoms with Crippen LogP contribution in [0.15, 0.2) is 29.2 Å². The second-order valence-electron chi connectivity index (χ2n) is 3.98. The van der Waals surface area contributed by atoms with Gasteiger partial charge in [-0.15, -0.1) is 11.3 Å². The molecule has 0 atom stereocenters. The zero-order chi connectivity index (χ0) is 13.8. The lowest BCUT2D eigenvalue weighted by atomic mass is 10.3. The van der Waals surface area contributed by atoms with Crippen LogP contribution in [-0.4, -0.2) is 10.7 Å². The van der Waals surface area contributed by atoms with E-state index in [1.165, 1.54) is 4.88 Å². The number of aryl methyl sites for hydroxylation is 2. The maximum absolute atomic E-state index is 12.4. The van der Waals surface area contributed by atoms with E-state index in [0.717, 1.165) is 16.4 Å². The minimum absolute atomic E-state index is 0.556. The molecule has 0 aliphatic carbocycles. The molecule has 0 saturated heterocycles. The molecule has 0 unspecified atom stereocenters. The molecular formula is C13H14F2N2S2. The number of nitrogens with zero attached hydrogens (tertiary/aromatic N) is 1. The number of nitrogens with one attached hydrogen (secondary N) is 1. The highest BCUT2D eigenvalue weighted by Crippen LogP contribution is 2.32. The van der Waals surface area contributed by atoms with Crippen LogP contribution < -0.4 is 5.32 Å². The Labute approximate surface area is 119 Å². The van der Waals surface area contributed by atoms with Gasteiger partial charge in [-0.2, -0.15) is 8.78 Å². The predicted molar refractivity (Wildman–Crippen MR) is 77.2 cm³/mol. The van der Waals surface area contributed by atoms with Crippen LogP contribution in [0.2, 0.25) is 0 Å². The van der Waals surface area contributed by atoms with Gasteiger partial charge in [0, 0.05) is 15.5 Å². The third kappa shape index (κ3) is 3.91. The lowest BCUT2D eigenvalue weighted by molar-refractivity contribution is 0.252. The molecule has 0 radical (unpaired) electrons. The van der Waals surface area contributed by atoms with Gasteiger partial charge in [0.1, 0.15) is 5.01 Å². The van der Waals surface area contributed by atoms with Gasteiger partial charge in [0.15, 0.2) is 0 Å². The number of hydrogen-bond acceptors (Lipinski definition) is 4. The number of anilines is 1. The van der Waals surface area contributed by atoms with Crippen molar-refractivity contribution < 1.29 is 8.78 Å². The summed E-state index contributed by atoms with van der Waals surface area (Å²) in [5.41, 5.74) is 1.75. The van der Waals surface area contributed by atoms with Gasteiger partial charge in [-0.3, -0.25) is 0 Å². The van der Waals surface area contributed by atoms with E-state index in [1.807, 2.05) is 19.9 Å². The summed E-state index contributed by atoms with van der Waals surface area (Å²) < 4.78 is 24.9. The fraction of sp³-hybridized carbons (Fsp3) is 0.308. The van der Waals surface area contributed by atoms with Crippen LogP contribution in [0.3, 0.4) is 0 Å². The summed E-state index contributed by atoms with van der Waals surface area (Å²) in [5.74, 6) is -2.41. The Morgan fingerprint density at radius 3 is 2.68 bits per heavy atom. The molecule has 2 aromatic rings. The van der Waals surface area contributed by atoms with Crippen LogP contribution in [0.1, 0.15) is 15.6 Å². The highest BCUT2D eigenvalue weighted by atomic mass is 32.2. The van der Waals surface area contributed by atoms with E-state index in [0.29, 0.717) is 23.2 Å². The average molecular weight is 300 g/mol. The van der Waals surface area contributed by atoms with E-state index in [1.54, 1.807) is 29.5 Å². The molecule has 0 bridgehead atoms. The van der Waals surface area contributed by atoms with Gasteiger partial charge in [-0.05, 0) is 26.0 Å². The van der Waals surface area contributed by atoms with Crippen molar-refractivity contribution in [3.63, 3.8) is 0 Å². The van der Waals surface area contributed by atoms with Crippen LogP contribution in [0.25, 0.3) is 0 Å².